The van der Waals surface area contributed by atoms with Crippen molar-refractivity contribution in [3.05, 3.63) is 0 Å². The highest BCUT2D eigenvalue weighted by Crippen LogP contribution is 2.08. The molecule has 10 heavy (non-hydrogen) atoms. The maximum absolute atomic E-state index is 10.0. The van der Waals surface area contributed by atoms with Crippen LogP contribution in [0.25, 0.3) is 0 Å². The molecular formula is C6H11ClO3. The minimum Gasteiger partial charge on any atom is -0.448 e. The van der Waals surface area contributed by atoms with Crippen LogP contribution in [0, 0.1) is 0 Å². The lowest BCUT2D eigenvalue weighted by atomic mass is 10.2. The molecule has 0 radical (unpaired) electrons. The summed E-state index contributed by atoms with van der Waals surface area (Å²) in [5.41, 5.74) is -1.21. The molecule has 0 fully saturated rings. The summed E-state index contributed by atoms with van der Waals surface area (Å²) in [6, 6.07) is 0. The van der Waals surface area contributed by atoms with E-state index in [1.807, 2.05) is 0 Å². The molecule has 0 amide bonds. The van der Waals surface area contributed by atoms with Crippen molar-refractivity contribution in [1.29, 1.82) is 0 Å². The monoisotopic (exact) mass is 167 g/mol. The van der Waals surface area contributed by atoms with Crippen LogP contribution >= 0.6 is 11.6 Å². The lowest BCUT2D eigenvalue weighted by Crippen LogP contribution is -2.20. The second-order valence-corrected chi connectivity index (χ2v) is 2.76. The van der Waals surface area contributed by atoms with Crippen molar-refractivity contribution < 1.29 is 15.7 Å². The highest BCUT2D eigenvalue weighted by atomic mass is 35.5. The van der Waals surface area contributed by atoms with Crippen molar-refractivity contribution in [1.82, 2.24) is 0 Å². The summed E-state index contributed by atoms with van der Waals surface area (Å²) < 4.78 is 10.1. The Morgan fingerprint density at radius 1 is 1.70 bits per heavy atom. The van der Waals surface area contributed by atoms with Crippen molar-refractivity contribution in [3.63, 3.8) is 0 Å². The van der Waals surface area contributed by atoms with E-state index in [1.165, 1.54) is 0 Å². The van der Waals surface area contributed by atoms with Crippen LogP contribution in [0.5, 0.6) is 0 Å². The van der Waals surface area contributed by atoms with E-state index in [1.54, 1.807) is 20.8 Å². The molecule has 4 heteroatoms. The molecule has 0 aliphatic heterocycles. The predicted molar refractivity (Wildman–Crippen MR) is 39.2 cm³/mol. The molecule has 0 N–H and O–H groups in total. The molecule has 0 aliphatic carbocycles. The number of carbonyl (C=O) groups is 2. The fourth-order valence-electron chi connectivity index (χ4n) is 0.241. The van der Waals surface area contributed by atoms with Crippen LogP contribution in [0.3, 0.4) is 0 Å². The highest BCUT2D eigenvalue weighted by molar-refractivity contribution is 6.61. The highest BCUT2D eigenvalue weighted by Gasteiger charge is 2.13. The van der Waals surface area contributed by atoms with Gasteiger partial charge in [-0.3, -0.25) is 0 Å². The van der Waals surface area contributed by atoms with Gasteiger partial charge in [-0.1, -0.05) is 0 Å². The Morgan fingerprint density at radius 3 is 2.00 bits per heavy atom. The van der Waals surface area contributed by atoms with Crippen molar-refractivity contribution in [3.8, 4) is 0 Å². The van der Waals surface area contributed by atoms with Crippen LogP contribution in [-0.4, -0.2) is 17.8 Å². The predicted octanol–water partition coefficient (Wildman–Crippen LogP) is 1.98. The quantitative estimate of drug-likeness (QED) is 0.518. The molecule has 0 bridgehead atoms. The number of ether oxygens (including phenoxy) is 1. The van der Waals surface area contributed by atoms with Gasteiger partial charge in [0.15, 0.2) is 0 Å². The lowest BCUT2D eigenvalue weighted by Gasteiger charge is -2.16. The van der Waals surface area contributed by atoms with E-state index in [0.29, 0.717) is 0 Å². The minimum atomic E-state index is -0.752. The molecule has 0 spiro atoms. The van der Waals surface area contributed by atoms with E-state index >= 15 is 0 Å². The van der Waals surface area contributed by atoms with Crippen LogP contribution < -0.4 is 0 Å². The van der Waals surface area contributed by atoms with Crippen molar-refractivity contribution in [2.24, 2.45) is 0 Å². The first-order chi connectivity index (χ1) is 4.83. The first-order valence-electron chi connectivity index (χ1n) is 3.11. The minimum absolute atomic E-state index is 0. The molecule has 0 atom stereocenters. The fourth-order valence-corrected chi connectivity index (χ4v) is 0.472. The molecule has 0 saturated heterocycles. The Kier molecular flexibility index (Phi) is 4.94. The van der Waals surface area contributed by atoms with Gasteiger partial charge in [-0.05, 0) is 20.8 Å². The maximum atomic E-state index is 10.0. The van der Waals surface area contributed by atoms with Gasteiger partial charge < -0.3 is 9.53 Å². The largest absolute Gasteiger partial charge is 0.448 e. The third-order valence-corrected chi connectivity index (χ3v) is 0.464. The molecule has 0 aromatic heterocycles. The van der Waals surface area contributed by atoms with Gasteiger partial charge in [-0.2, -0.15) is 0 Å². The Balaban J connectivity index is 0. The summed E-state index contributed by atoms with van der Waals surface area (Å²) in [4.78, 5) is 18.5. The molecular weight excluding hydrogens is 156 g/mol. The molecule has 0 heterocycles. The Hall–Kier alpha value is -0.570. The average Bonchev–Trinajstić information content (AvgIpc) is 1.57. The van der Waals surface area contributed by atoms with Crippen LogP contribution in [-0.2, 0) is 9.53 Å². The van der Waals surface area contributed by atoms with Crippen LogP contribution in [0.15, 0.2) is 0 Å². The van der Waals surface area contributed by atoms with Gasteiger partial charge >= 0.3 is 5.43 Å². The van der Waals surface area contributed by atoms with Crippen LogP contribution in [0.1, 0.15) is 22.1 Å². The lowest BCUT2D eigenvalue weighted by molar-refractivity contribution is -0.0980. The molecule has 0 saturated carbocycles. The van der Waals surface area contributed by atoms with E-state index < -0.39 is 11.0 Å². The summed E-state index contributed by atoms with van der Waals surface area (Å²) in [5, 5.41) is 0. The third-order valence-electron chi connectivity index (χ3n) is 0.386. The van der Waals surface area contributed by atoms with Crippen LogP contribution in [0.2, 0.25) is 0 Å². The van der Waals surface area contributed by atoms with Gasteiger partial charge in [0.1, 0.15) is 13.7 Å². The Bertz CT molecular complexity index is 130. The molecule has 3 nitrogen and oxygen atoms in total. The van der Waals surface area contributed by atoms with Crippen LogP contribution in [0.4, 0.5) is 4.79 Å². The van der Waals surface area contributed by atoms with Gasteiger partial charge in [0.2, 0.25) is 0 Å². The van der Waals surface area contributed by atoms with E-state index in [9.17, 15) is 4.79 Å². The molecule has 60 valence electrons. The Morgan fingerprint density at radius 2 is 2.00 bits per heavy atom. The first kappa shape index (κ1) is 9.43. The van der Waals surface area contributed by atoms with Gasteiger partial charge in [-0.25, -0.2) is 4.79 Å². The average molecular weight is 168 g/mol. The summed E-state index contributed by atoms with van der Waals surface area (Å²) >= 11 is 4.90. The second-order valence-electron chi connectivity index (χ2n) is 2.45. The fraction of sp³-hybridized carbons (Fsp3) is 0.667. The molecule has 0 rings (SSSR count). The number of hydrogen-bond acceptors (Lipinski definition) is 3. The molecule has 0 unspecified atom stereocenters. The summed E-state index contributed by atoms with van der Waals surface area (Å²) in [7, 11) is 0. The molecule has 0 aromatic rings. The summed E-state index contributed by atoms with van der Waals surface area (Å²) in [6.45, 7) is 5.27. The molecule has 0 aliphatic rings. The van der Waals surface area contributed by atoms with E-state index in [4.69, 9.17) is 17.8 Å². The Labute approximate surface area is 66.7 Å². The van der Waals surface area contributed by atoms with Crippen molar-refractivity contribution in [2.45, 2.75) is 26.4 Å². The van der Waals surface area contributed by atoms with Crippen molar-refractivity contribution >= 4 is 23.8 Å². The van der Waals surface area contributed by atoms with Crippen molar-refractivity contribution in [2.75, 3.05) is 0 Å². The third kappa shape index (κ3) is 15.7. The summed E-state index contributed by atoms with van der Waals surface area (Å²) in [5.74, 6) is 0. The van der Waals surface area contributed by atoms with E-state index in [-0.39, 0.29) is 6.77 Å². The zero-order chi connectivity index (χ0) is 9.49. The zero-order valence-corrected chi connectivity index (χ0v) is 6.94. The standard InChI is InChI=1S/C5H9ClO2.CH2O/c1-5(2,3)8-4(6)7;1-2/h1-3H3;1H2/i;1D. The van der Waals surface area contributed by atoms with Gasteiger partial charge in [-0.15, -0.1) is 0 Å². The summed E-state index contributed by atoms with van der Waals surface area (Å²) in [6.07, 6.45) is 0. The topological polar surface area (TPSA) is 43.4 Å². The maximum Gasteiger partial charge on any atom is 0.404 e. The smallest absolute Gasteiger partial charge is 0.404 e. The normalized spacial score (nSPS) is 10.2. The van der Waals surface area contributed by atoms with Gasteiger partial charge in [0.05, 0.1) is 0 Å². The van der Waals surface area contributed by atoms with E-state index in [2.05, 4.69) is 4.74 Å². The number of rotatable bonds is 0. The first-order valence-corrected chi connectivity index (χ1v) is 2.92. The number of hydrogen-bond donors (Lipinski definition) is 0. The molecule has 0 aromatic carbocycles. The number of halogens is 1. The van der Waals surface area contributed by atoms with Gasteiger partial charge in [0.25, 0.3) is 0 Å². The SMILES string of the molecule is CC(C)(C)OC(=O)Cl.[2H]C=O. The zero-order valence-electron chi connectivity index (χ0n) is 7.18. The number of carbonyl (C=O) groups excluding carboxylic acids is 2. The van der Waals surface area contributed by atoms with Gasteiger partial charge in [0, 0.05) is 11.6 Å². The second kappa shape index (κ2) is 5.23. The van der Waals surface area contributed by atoms with E-state index in [0.717, 1.165) is 0 Å².